The van der Waals surface area contributed by atoms with Crippen LogP contribution in [-0.2, 0) is 15.5 Å². The van der Waals surface area contributed by atoms with Crippen molar-refractivity contribution in [1.29, 1.82) is 4.78 Å². The summed E-state index contributed by atoms with van der Waals surface area (Å²) < 4.78 is 20.0. The van der Waals surface area contributed by atoms with E-state index in [1.54, 1.807) is 0 Å². The highest BCUT2D eigenvalue weighted by Crippen LogP contribution is 2.59. The zero-order valence-electron chi connectivity index (χ0n) is 17.1. The average Bonchev–Trinajstić information content (AvgIpc) is 2.44. The molecule has 0 spiro atoms. The van der Waals surface area contributed by atoms with E-state index >= 15 is 0 Å². The molecule has 142 valence electrons. The second-order valence-corrected chi connectivity index (χ2v) is 15.1. The molecule has 1 N–H and O–H groups in total. The van der Waals surface area contributed by atoms with Gasteiger partial charge in [-0.2, -0.15) is 0 Å². The zero-order chi connectivity index (χ0) is 19.8. The Hall–Kier alpha value is -1.18. The summed E-state index contributed by atoms with van der Waals surface area (Å²) in [6.45, 7) is 14.0. The lowest BCUT2D eigenvalue weighted by Crippen LogP contribution is -2.32. The third-order valence-corrected chi connectivity index (χ3v) is 8.64. The predicted molar refractivity (Wildman–Crippen MR) is 118 cm³/mol. The Bertz CT molecular complexity index is 860. The molecular weight excluding hydrogens is 357 g/mol. The highest BCUT2D eigenvalue weighted by atomic mass is 32.2. The summed E-state index contributed by atoms with van der Waals surface area (Å²) in [5, 5.41) is 1.74. The van der Waals surface area contributed by atoms with Crippen molar-refractivity contribution in [3.05, 3.63) is 54.1 Å². The van der Waals surface area contributed by atoms with Gasteiger partial charge >= 0.3 is 0 Å². The van der Waals surface area contributed by atoms with Gasteiger partial charge in [-0.15, -0.1) is 0 Å². The molecule has 4 heteroatoms. The summed E-state index contributed by atoms with van der Waals surface area (Å²) >= 11 is 0. The van der Waals surface area contributed by atoms with E-state index in [-0.39, 0.29) is 10.3 Å². The van der Waals surface area contributed by atoms with Gasteiger partial charge < -0.3 is 0 Å². The average molecular weight is 390 g/mol. The van der Waals surface area contributed by atoms with E-state index in [4.69, 9.17) is 4.78 Å². The Balaban J connectivity index is 2.72. The summed E-state index contributed by atoms with van der Waals surface area (Å²) in [4.78, 5) is 0. The Morgan fingerprint density at radius 2 is 1.31 bits per heavy atom. The molecule has 1 unspecified atom stereocenters. The molecule has 0 amide bonds. The van der Waals surface area contributed by atoms with Gasteiger partial charge in [0, 0.05) is 16.0 Å². The molecule has 0 saturated carbocycles. The van der Waals surface area contributed by atoms with Crippen LogP contribution in [-0.4, -0.2) is 20.8 Å². The maximum Gasteiger partial charge on any atom is 0.0569 e. The maximum absolute atomic E-state index is 12.1. The van der Waals surface area contributed by atoms with Crippen molar-refractivity contribution in [3.63, 3.8) is 0 Å². The largest absolute Gasteiger partial charge is 0.253 e. The van der Waals surface area contributed by atoms with Crippen molar-refractivity contribution in [1.82, 2.24) is 0 Å². The molecule has 2 aromatic rings. The highest BCUT2D eigenvalue weighted by Gasteiger charge is 2.37. The molecule has 0 aliphatic rings. The van der Waals surface area contributed by atoms with Gasteiger partial charge in [0.25, 0.3) is 0 Å². The van der Waals surface area contributed by atoms with Gasteiger partial charge in [0.15, 0.2) is 0 Å². The molecule has 0 aliphatic carbocycles. The molecule has 26 heavy (non-hydrogen) atoms. The molecule has 0 saturated heterocycles. The third kappa shape index (κ3) is 5.18. The predicted octanol–water partition coefficient (Wildman–Crippen LogP) is 6.23. The molecule has 0 heterocycles. The van der Waals surface area contributed by atoms with Crippen molar-refractivity contribution < 1.29 is 4.21 Å². The molecule has 0 bridgehead atoms. The minimum Gasteiger partial charge on any atom is -0.253 e. The van der Waals surface area contributed by atoms with Gasteiger partial charge in [0.05, 0.1) is 5.75 Å². The molecule has 2 aromatic carbocycles. The number of benzene rings is 2. The van der Waals surface area contributed by atoms with E-state index in [2.05, 4.69) is 71.9 Å². The van der Waals surface area contributed by atoms with Gasteiger partial charge in [0.1, 0.15) is 0 Å². The Morgan fingerprint density at radius 3 is 1.81 bits per heavy atom. The first kappa shape index (κ1) is 21.1. The molecule has 0 radical (unpaired) electrons. The minimum absolute atomic E-state index is 0.173. The van der Waals surface area contributed by atoms with Gasteiger partial charge in [-0.3, -0.25) is 4.78 Å². The Kier molecular flexibility index (Phi) is 6.05. The van der Waals surface area contributed by atoms with Crippen LogP contribution in [0.1, 0.15) is 47.1 Å². The van der Waals surface area contributed by atoms with E-state index in [0.717, 1.165) is 11.1 Å². The quantitative estimate of drug-likeness (QED) is 0.618. The van der Waals surface area contributed by atoms with Crippen molar-refractivity contribution >= 4 is 23.0 Å². The highest BCUT2D eigenvalue weighted by molar-refractivity contribution is 7.90. The van der Waals surface area contributed by atoms with Gasteiger partial charge in [0.2, 0.25) is 0 Å². The molecule has 0 fully saturated rings. The summed E-state index contributed by atoms with van der Waals surface area (Å²) in [5.41, 5.74) is 3.34. The van der Waals surface area contributed by atoms with Gasteiger partial charge in [-0.05, 0) is 32.3 Å². The summed E-state index contributed by atoms with van der Waals surface area (Å²) in [7, 11) is -3.04. The minimum atomic E-state index is -2.59. The van der Waals surface area contributed by atoms with Crippen molar-refractivity contribution in [2.45, 2.75) is 57.6 Å². The van der Waals surface area contributed by atoms with Gasteiger partial charge in [-0.25, -0.2) is 4.21 Å². The van der Waals surface area contributed by atoms with Crippen LogP contribution in [0.2, 0.25) is 0 Å². The second kappa shape index (κ2) is 7.44. The fourth-order valence-corrected chi connectivity index (χ4v) is 8.81. The Morgan fingerprint density at radius 1 is 0.846 bits per heavy atom. The second-order valence-electron chi connectivity index (χ2n) is 9.00. The molecular formula is C22H32NOPS. The summed E-state index contributed by atoms with van der Waals surface area (Å²) in [6, 6.07) is 16.8. The van der Waals surface area contributed by atoms with Crippen LogP contribution in [0.4, 0.5) is 0 Å². The van der Waals surface area contributed by atoms with Crippen molar-refractivity contribution in [3.8, 4) is 11.1 Å². The van der Waals surface area contributed by atoms with Crippen molar-refractivity contribution in [2.75, 3.05) is 6.26 Å². The molecule has 1 atom stereocenters. The monoisotopic (exact) mass is 389 g/mol. The fourth-order valence-electron chi connectivity index (χ4n) is 3.83. The summed E-state index contributed by atoms with van der Waals surface area (Å²) in [5.74, 6) is 0.292. The van der Waals surface area contributed by atoms with E-state index in [0.29, 0.717) is 5.75 Å². The van der Waals surface area contributed by atoms with Crippen LogP contribution in [0.5, 0.6) is 0 Å². The zero-order valence-corrected chi connectivity index (χ0v) is 18.8. The lowest BCUT2D eigenvalue weighted by atomic mass is 10.0. The van der Waals surface area contributed by atoms with E-state index in [1.165, 1.54) is 17.1 Å². The number of hydrogen-bond acceptors (Lipinski definition) is 2. The molecule has 2 rings (SSSR count). The van der Waals surface area contributed by atoms with E-state index in [1.807, 2.05) is 18.2 Å². The van der Waals surface area contributed by atoms with Gasteiger partial charge in [-0.1, -0.05) is 98.0 Å². The van der Waals surface area contributed by atoms with Crippen LogP contribution in [0.15, 0.2) is 48.5 Å². The SMILES string of the molecule is CC(C)(C)P(c1ccccc1-c1ccccc1CS(C)(=N)=O)C(C)(C)C. The van der Waals surface area contributed by atoms with Crippen LogP contribution >= 0.6 is 7.92 Å². The van der Waals surface area contributed by atoms with Crippen LogP contribution in [0.25, 0.3) is 11.1 Å². The molecule has 2 nitrogen and oxygen atoms in total. The van der Waals surface area contributed by atoms with Crippen LogP contribution in [0.3, 0.4) is 0 Å². The topological polar surface area (TPSA) is 40.9 Å². The number of hydrogen-bond donors (Lipinski definition) is 1. The van der Waals surface area contributed by atoms with Crippen molar-refractivity contribution in [2.24, 2.45) is 0 Å². The first-order chi connectivity index (χ1) is 11.8. The van der Waals surface area contributed by atoms with E-state index < -0.39 is 17.7 Å². The normalized spacial score (nSPS) is 15.1. The van der Waals surface area contributed by atoms with Crippen LogP contribution < -0.4 is 5.30 Å². The molecule has 0 aliphatic heterocycles. The van der Waals surface area contributed by atoms with Crippen LogP contribution in [0, 0.1) is 4.78 Å². The first-order valence-electron chi connectivity index (χ1n) is 9.00. The number of nitrogens with one attached hydrogen (secondary N) is 1. The lowest BCUT2D eigenvalue weighted by Gasteiger charge is -2.42. The first-order valence-corrected chi connectivity index (χ1v) is 12.5. The smallest absolute Gasteiger partial charge is 0.0569 e. The molecule has 0 aromatic heterocycles. The Labute approximate surface area is 161 Å². The van der Waals surface area contributed by atoms with E-state index in [9.17, 15) is 4.21 Å². The lowest BCUT2D eigenvalue weighted by molar-refractivity contribution is 0.678. The fraction of sp³-hybridized carbons (Fsp3) is 0.455. The standard InChI is InChI=1S/C22H32NOPS/c1-21(2,3)25(22(4,5)6)20-15-11-10-14-19(20)18-13-9-8-12-17(18)16-26(7,23)24/h8-15,23H,16H2,1-7H3. The summed E-state index contributed by atoms with van der Waals surface area (Å²) in [6.07, 6.45) is 1.52. The number of rotatable bonds is 4. The maximum atomic E-state index is 12.1. The third-order valence-electron chi connectivity index (χ3n) is 4.23.